The van der Waals surface area contributed by atoms with Crippen molar-refractivity contribution in [3.8, 4) is 0 Å². The minimum absolute atomic E-state index is 0.333. The van der Waals surface area contributed by atoms with Crippen molar-refractivity contribution in [3.63, 3.8) is 0 Å². The zero-order valence-electron chi connectivity index (χ0n) is 6.88. The van der Waals surface area contributed by atoms with E-state index in [-0.39, 0.29) is 6.42 Å². The molecule has 1 aromatic carbocycles. The van der Waals surface area contributed by atoms with Crippen molar-refractivity contribution in [3.05, 3.63) is 34.9 Å². The summed E-state index contributed by atoms with van der Waals surface area (Å²) in [6, 6.07) is 6.04. The van der Waals surface area contributed by atoms with E-state index in [1.807, 2.05) is 0 Å². The highest BCUT2D eigenvalue weighted by Gasteiger charge is 2.12. The van der Waals surface area contributed by atoms with E-state index in [9.17, 15) is 8.78 Å². The normalized spacial score (nSPS) is 13.3. The molecule has 0 saturated heterocycles. The van der Waals surface area contributed by atoms with Gasteiger partial charge < -0.3 is 5.73 Å². The molecule has 1 rings (SSSR count). The average molecular weight is 206 g/mol. The predicted molar refractivity (Wildman–Crippen MR) is 49.0 cm³/mol. The van der Waals surface area contributed by atoms with E-state index < -0.39 is 12.5 Å². The third-order valence-corrected chi connectivity index (χ3v) is 1.94. The standard InChI is InChI=1S/C9H10ClF2N/c10-7-3-1-2-6(4-7)8(13)5-9(11)12/h1-4,8-9H,5,13H2/t8-/m0/s1. The van der Waals surface area contributed by atoms with Crippen molar-refractivity contribution >= 4 is 11.6 Å². The summed E-state index contributed by atoms with van der Waals surface area (Å²) in [5, 5.41) is 0.516. The van der Waals surface area contributed by atoms with Gasteiger partial charge >= 0.3 is 0 Å². The number of hydrogen-bond donors (Lipinski definition) is 1. The highest BCUT2D eigenvalue weighted by Crippen LogP contribution is 2.20. The van der Waals surface area contributed by atoms with Gasteiger partial charge in [0, 0.05) is 17.5 Å². The maximum Gasteiger partial charge on any atom is 0.240 e. The first-order valence-electron chi connectivity index (χ1n) is 3.89. The largest absolute Gasteiger partial charge is 0.324 e. The lowest BCUT2D eigenvalue weighted by molar-refractivity contribution is 0.128. The molecule has 2 N–H and O–H groups in total. The van der Waals surface area contributed by atoms with Gasteiger partial charge in [-0.2, -0.15) is 0 Å². The van der Waals surface area contributed by atoms with E-state index in [1.54, 1.807) is 24.3 Å². The van der Waals surface area contributed by atoms with Crippen LogP contribution in [0.2, 0.25) is 5.02 Å². The lowest BCUT2D eigenvalue weighted by Gasteiger charge is -2.11. The molecule has 0 unspecified atom stereocenters. The molecule has 0 bridgehead atoms. The van der Waals surface area contributed by atoms with Crippen LogP contribution in [0.3, 0.4) is 0 Å². The fourth-order valence-corrected chi connectivity index (χ4v) is 1.26. The lowest BCUT2D eigenvalue weighted by atomic mass is 10.1. The van der Waals surface area contributed by atoms with Crippen LogP contribution in [0.5, 0.6) is 0 Å². The maximum atomic E-state index is 12.0. The molecule has 0 amide bonds. The van der Waals surface area contributed by atoms with Gasteiger partial charge in [0.1, 0.15) is 0 Å². The molecule has 0 fully saturated rings. The molecule has 1 aromatic rings. The summed E-state index contributed by atoms with van der Waals surface area (Å²) in [6.07, 6.45) is -2.71. The van der Waals surface area contributed by atoms with Crippen molar-refractivity contribution in [2.24, 2.45) is 5.73 Å². The van der Waals surface area contributed by atoms with Crippen LogP contribution in [0, 0.1) is 0 Å². The van der Waals surface area contributed by atoms with Crippen molar-refractivity contribution in [1.82, 2.24) is 0 Å². The summed E-state index contributed by atoms with van der Waals surface area (Å²) in [7, 11) is 0. The maximum absolute atomic E-state index is 12.0. The van der Waals surface area contributed by atoms with Gasteiger partial charge in [-0.1, -0.05) is 23.7 Å². The van der Waals surface area contributed by atoms with Gasteiger partial charge in [0.15, 0.2) is 0 Å². The molecule has 0 aliphatic rings. The van der Waals surface area contributed by atoms with Crippen molar-refractivity contribution in [2.45, 2.75) is 18.9 Å². The zero-order valence-corrected chi connectivity index (χ0v) is 7.64. The first-order valence-corrected chi connectivity index (χ1v) is 4.26. The Morgan fingerprint density at radius 1 is 1.38 bits per heavy atom. The SMILES string of the molecule is N[C@@H](CC(F)F)c1cccc(Cl)c1. The van der Waals surface area contributed by atoms with Gasteiger partial charge in [0.05, 0.1) is 0 Å². The smallest absolute Gasteiger partial charge is 0.240 e. The van der Waals surface area contributed by atoms with Gasteiger partial charge in [0.2, 0.25) is 6.43 Å². The van der Waals surface area contributed by atoms with Crippen LogP contribution in [0.15, 0.2) is 24.3 Å². The van der Waals surface area contributed by atoms with Crippen LogP contribution in [0.4, 0.5) is 8.78 Å². The molecule has 4 heteroatoms. The van der Waals surface area contributed by atoms with Crippen LogP contribution in [0.25, 0.3) is 0 Å². The van der Waals surface area contributed by atoms with Gasteiger partial charge in [-0.25, -0.2) is 8.78 Å². The Labute approximate surface area is 80.5 Å². The summed E-state index contributed by atoms with van der Waals surface area (Å²) in [4.78, 5) is 0. The fourth-order valence-electron chi connectivity index (χ4n) is 1.07. The zero-order chi connectivity index (χ0) is 9.84. The van der Waals surface area contributed by atoms with Crippen LogP contribution in [0.1, 0.15) is 18.0 Å². The molecule has 0 aromatic heterocycles. The molecule has 0 aliphatic carbocycles. The van der Waals surface area contributed by atoms with E-state index >= 15 is 0 Å². The summed E-state index contributed by atoms with van der Waals surface area (Å²) in [5.74, 6) is 0. The van der Waals surface area contributed by atoms with E-state index in [0.717, 1.165) is 0 Å². The molecule has 0 spiro atoms. The topological polar surface area (TPSA) is 26.0 Å². The highest BCUT2D eigenvalue weighted by atomic mass is 35.5. The van der Waals surface area contributed by atoms with Crippen molar-refractivity contribution in [1.29, 1.82) is 0 Å². The molecule has 0 saturated carbocycles. The molecule has 1 atom stereocenters. The van der Waals surface area contributed by atoms with Crippen LogP contribution in [-0.2, 0) is 0 Å². The van der Waals surface area contributed by atoms with Crippen LogP contribution in [-0.4, -0.2) is 6.43 Å². The number of rotatable bonds is 3. The Hall–Kier alpha value is -0.670. The Bertz CT molecular complexity index is 278. The van der Waals surface area contributed by atoms with E-state index in [0.29, 0.717) is 10.6 Å². The molecule has 0 heterocycles. The minimum Gasteiger partial charge on any atom is -0.324 e. The molecule has 1 nitrogen and oxygen atoms in total. The monoisotopic (exact) mass is 205 g/mol. The molecule has 13 heavy (non-hydrogen) atoms. The van der Waals surface area contributed by atoms with Crippen LogP contribution >= 0.6 is 11.6 Å². The fraction of sp³-hybridized carbons (Fsp3) is 0.333. The summed E-state index contributed by atoms with van der Waals surface area (Å²) < 4.78 is 23.9. The van der Waals surface area contributed by atoms with Gasteiger partial charge in [-0.3, -0.25) is 0 Å². The van der Waals surface area contributed by atoms with Gasteiger partial charge in [-0.05, 0) is 17.7 Å². The van der Waals surface area contributed by atoms with Crippen molar-refractivity contribution in [2.75, 3.05) is 0 Å². The summed E-state index contributed by atoms with van der Waals surface area (Å²) in [6.45, 7) is 0. The van der Waals surface area contributed by atoms with Gasteiger partial charge in [-0.15, -0.1) is 0 Å². The second-order valence-electron chi connectivity index (χ2n) is 2.79. The first kappa shape index (κ1) is 10.4. The Morgan fingerprint density at radius 3 is 2.62 bits per heavy atom. The molecular formula is C9H10ClF2N. The Kier molecular flexibility index (Phi) is 3.63. The second kappa shape index (κ2) is 4.53. The quantitative estimate of drug-likeness (QED) is 0.807. The third kappa shape index (κ3) is 3.28. The number of nitrogens with two attached hydrogens (primary N) is 1. The number of benzene rings is 1. The average Bonchev–Trinajstić information content (AvgIpc) is 2.03. The minimum atomic E-state index is -2.38. The molecular weight excluding hydrogens is 196 g/mol. The van der Waals surface area contributed by atoms with Gasteiger partial charge in [0.25, 0.3) is 0 Å². The highest BCUT2D eigenvalue weighted by molar-refractivity contribution is 6.30. The van der Waals surface area contributed by atoms with E-state index in [2.05, 4.69) is 0 Å². The lowest BCUT2D eigenvalue weighted by Crippen LogP contribution is -2.13. The summed E-state index contributed by atoms with van der Waals surface area (Å²) >= 11 is 5.68. The Morgan fingerprint density at radius 2 is 2.08 bits per heavy atom. The predicted octanol–water partition coefficient (Wildman–Crippen LogP) is 3.00. The van der Waals surface area contributed by atoms with E-state index in [1.165, 1.54) is 0 Å². The molecule has 0 radical (unpaired) electrons. The van der Waals surface area contributed by atoms with Crippen LogP contribution < -0.4 is 5.73 Å². The number of alkyl halides is 2. The van der Waals surface area contributed by atoms with E-state index in [4.69, 9.17) is 17.3 Å². The number of halogens is 3. The second-order valence-corrected chi connectivity index (χ2v) is 3.22. The third-order valence-electron chi connectivity index (χ3n) is 1.71. The number of hydrogen-bond acceptors (Lipinski definition) is 1. The first-order chi connectivity index (χ1) is 6.09. The molecule has 0 aliphatic heterocycles. The summed E-state index contributed by atoms with van der Waals surface area (Å²) in [5.41, 5.74) is 6.17. The Balaban J connectivity index is 2.71. The van der Waals surface area contributed by atoms with Crippen molar-refractivity contribution < 1.29 is 8.78 Å². The molecule has 72 valence electrons.